The number of imidazole rings is 1. The molecule has 3 aromatic rings. The van der Waals surface area contributed by atoms with Crippen LogP contribution in [0.25, 0.3) is 10.8 Å². The van der Waals surface area contributed by atoms with E-state index in [1.54, 1.807) is 60.4 Å². The lowest BCUT2D eigenvalue weighted by Crippen LogP contribution is -2.50. The van der Waals surface area contributed by atoms with Gasteiger partial charge in [0.15, 0.2) is 5.16 Å². The summed E-state index contributed by atoms with van der Waals surface area (Å²) in [5.74, 6) is 1.81. The first-order chi connectivity index (χ1) is 16.9. The Morgan fingerprint density at radius 2 is 2.00 bits per heavy atom. The van der Waals surface area contributed by atoms with E-state index in [1.807, 2.05) is 12.1 Å². The standard InChI is InChI=1S/C25H32N4O4S2/c1-18-9-13-29(14-10-18)24(30)23(4-3-15-34-25-26-11-12-27-25)28-35(31,32)22-8-6-19-5-7-21(33-2)16-20(19)17-22/h5-8,11-12,16-18,23,28H,3-4,9-10,13-15H2,1-2H3,(H,26,27). The van der Waals surface area contributed by atoms with Crippen molar-refractivity contribution in [3.63, 3.8) is 0 Å². The Morgan fingerprint density at radius 3 is 2.71 bits per heavy atom. The second-order valence-corrected chi connectivity index (χ2v) is 11.7. The van der Waals surface area contributed by atoms with Crippen molar-refractivity contribution in [2.45, 2.75) is 48.7 Å². The quantitative estimate of drug-likeness (QED) is 0.311. The fraction of sp³-hybridized carbons (Fsp3) is 0.440. The van der Waals surface area contributed by atoms with Crippen molar-refractivity contribution >= 4 is 38.5 Å². The molecule has 0 bridgehead atoms. The number of sulfonamides is 1. The van der Waals surface area contributed by atoms with Gasteiger partial charge in [-0.05, 0) is 66.6 Å². The lowest BCUT2D eigenvalue weighted by molar-refractivity contribution is -0.134. The summed E-state index contributed by atoms with van der Waals surface area (Å²) >= 11 is 1.56. The second kappa shape index (κ2) is 11.5. The fourth-order valence-corrected chi connectivity index (χ4v) is 6.27. The first kappa shape index (κ1) is 25.5. The minimum absolute atomic E-state index is 0.133. The molecule has 4 rings (SSSR count). The number of H-pyrrole nitrogens is 1. The van der Waals surface area contributed by atoms with Crippen LogP contribution in [0.2, 0.25) is 0 Å². The second-order valence-electron chi connectivity index (χ2n) is 8.94. The number of benzene rings is 2. The fourth-order valence-electron chi connectivity index (χ4n) is 4.22. The Kier molecular flexibility index (Phi) is 8.35. The maximum atomic E-state index is 13.4. The predicted octanol–water partition coefficient (Wildman–Crippen LogP) is 4.05. The van der Waals surface area contributed by atoms with Crippen LogP contribution in [0.4, 0.5) is 0 Å². The van der Waals surface area contributed by atoms with Crippen LogP contribution in [-0.2, 0) is 14.8 Å². The minimum Gasteiger partial charge on any atom is -0.497 e. The smallest absolute Gasteiger partial charge is 0.241 e. The minimum atomic E-state index is -3.91. The van der Waals surface area contributed by atoms with Crippen molar-refractivity contribution < 1.29 is 17.9 Å². The molecule has 2 N–H and O–H groups in total. The molecule has 1 saturated heterocycles. The molecule has 1 aliphatic heterocycles. The van der Waals surface area contributed by atoms with Crippen molar-refractivity contribution in [2.75, 3.05) is 26.0 Å². The van der Waals surface area contributed by atoms with E-state index in [2.05, 4.69) is 21.6 Å². The number of methoxy groups -OCH3 is 1. The number of carbonyl (C=O) groups excluding carboxylic acids is 1. The SMILES string of the molecule is COc1ccc2ccc(S(=O)(=O)NC(CCCSc3ncc[nH]3)C(=O)N3CCC(C)CC3)cc2c1. The van der Waals surface area contributed by atoms with Crippen LogP contribution >= 0.6 is 11.8 Å². The third-order valence-corrected chi connectivity index (χ3v) is 8.83. The van der Waals surface area contributed by atoms with E-state index in [9.17, 15) is 13.2 Å². The van der Waals surface area contributed by atoms with E-state index in [0.29, 0.717) is 37.6 Å². The van der Waals surface area contributed by atoms with Crippen molar-refractivity contribution in [2.24, 2.45) is 5.92 Å². The van der Waals surface area contributed by atoms with Gasteiger partial charge in [-0.25, -0.2) is 13.4 Å². The summed E-state index contributed by atoms with van der Waals surface area (Å²) in [6.45, 7) is 3.51. The van der Waals surface area contributed by atoms with Gasteiger partial charge in [-0.15, -0.1) is 0 Å². The van der Waals surface area contributed by atoms with E-state index >= 15 is 0 Å². The molecule has 2 heterocycles. The number of amides is 1. The molecule has 8 nitrogen and oxygen atoms in total. The largest absolute Gasteiger partial charge is 0.497 e. The van der Waals surface area contributed by atoms with Crippen molar-refractivity contribution in [1.29, 1.82) is 0 Å². The Labute approximate surface area is 210 Å². The highest BCUT2D eigenvalue weighted by Gasteiger charge is 2.30. The van der Waals surface area contributed by atoms with Gasteiger partial charge in [0.05, 0.1) is 12.0 Å². The number of nitrogens with zero attached hydrogens (tertiary/aromatic N) is 2. The maximum absolute atomic E-state index is 13.4. The van der Waals surface area contributed by atoms with Crippen LogP contribution in [-0.4, -0.2) is 61.2 Å². The van der Waals surface area contributed by atoms with Crippen LogP contribution in [0.15, 0.2) is 58.8 Å². The summed E-state index contributed by atoms with van der Waals surface area (Å²) in [6, 6.07) is 9.68. The van der Waals surface area contributed by atoms with Gasteiger partial charge >= 0.3 is 0 Å². The monoisotopic (exact) mass is 516 g/mol. The number of fused-ring (bicyclic) bond motifs is 1. The molecule has 1 atom stereocenters. The van der Waals surface area contributed by atoms with Gasteiger partial charge in [0, 0.05) is 31.2 Å². The van der Waals surface area contributed by atoms with Gasteiger partial charge < -0.3 is 14.6 Å². The van der Waals surface area contributed by atoms with Crippen LogP contribution in [0, 0.1) is 5.92 Å². The Hall–Kier alpha value is -2.56. The highest BCUT2D eigenvalue weighted by Crippen LogP contribution is 2.25. The number of likely N-dealkylation sites (tertiary alicyclic amines) is 1. The first-order valence-corrected chi connectivity index (χ1v) is 14.3. The Bertz CT molecular complexity index is 1240. The molecule has 1 fully saturated rings. The molecular formula is C25H32N4O4S2. The topological polar surface area (TPSA) is 104 Å². The molecule has 1 aromatic heterocycles. The van der Waals surface area contributed by atoms with Gasteiger partial charge in [0.1, 0.15) is 11.8 Å². The zero-order chi connectivity index (χ0) is 24.8. The molecule has 1 amide bonds. The van der Waals surface area contributed by atoms with E-state index in [4.69, 9.17) is 4.74 Å². The summed E-state index contributed by atoms with van der Waals surface area (Å²) in [6.07, 6.45) is 6.42. The van der Waals surface area contributed by atoms with E-state index in [0.717, 1.165) is 34.5 Å². The molecule has 35 heavy (non-hydrogen) atoms. The lowest BCUT2D eigenvalue weighted by Gasteiger charge is -2.33. The average Bonchev–Trinajstić information content (AvgIpc) is 3.38. The number of hydrogen-bond acceptors (Lipinski definition) is 6. The summed E-state index contributed by atoms with van der Waals surface area (Å²) in [4.78, 5) is 22.6. The number of ether oxygens (including phenoxy) is 1. The number of nitrogens with one attached hydrogen (secondary N) is 2. The van der Waals surface area contributed by atoms with Gasteiger partial charge in [-0.2, -0.15) is 4.72 Å². The van der Waals surface area contributed by atoms with Crippen molar-refractivity contribution in [3.05, 3.63) is 48.8 Å². The number of aromatic nitrogens is 2. The summed E-state index contributed by atoms with van der Waals surface area (Å²) < 4.78 is 34.7. The summed E-state index contributed by atoms with van der Waals surface area (Å²) in [7, 11) is -2.33. The van der Waals surface area contributed by atoms with Gasteiger partial charge in [0.2, 0.25) is 15.9 Å². The van der Waals surface area contributed by atoms with Crippen molar-refractivity contribution in [3.8, 4) is 5.75 Å². The third kappa shape index (κ3) is 6.56. The molecular weight excluding hydrogens is 484 g/mol. The molecule has 2 aromatic carbocycles. The van der Waals surface area contributed by atoms with Crippen LogP contribution in [0.3, 0.4) is 0 Å². The van der Waals surface area contributed by atoms with E-state index in [-0.39, 0.29) is 10.8 Å². The van der Waals surface area contributed by atoms with Gasteiger partial charge in [0.25, 0.3) is 0 Å². The maximum Gasteiger partial charge on any atom is 0.241 e. The number of thioether (sulfide) groups is 1. The molecule has 0 aliphatic carbocycles. The molecule has 0 spiro atoms. The normalized spacial score (nSPS) is 15.9. The highest BCUT2D eigenvalue weighted by atomic mass is 32.2. The molecule has 1 unspecified atom stereocenters. The molecule has 1 aliphatic rings. The number of carbonyl (C=O) groups is 1. The highest BCUT2D eigenvalue weighted by molar-refractivity contribution is 7.99. The first-order valence-electron chi connectivity index (χ1n) is 11.9. The van der Waals surface area contributed by atoms with Crippen LogP contribution in [0.5, 0.6) is 5.75 Å². The lowest BCUT2D eigenvalue weighted by atomic mass is 9.98. The average molecular weight is 517 g/mol. The number of hydrogen-bond donors (Lipinski definition) is 2. The number of aromatic amines is 1. The van der Waals surface area contributed by atoms with Crippen LogP contribution < -0.4 is 9.46 Å². The van der Waals surface area contributed by atoms with E-state index in [1.165, 1.54) is 0 Å². The van der Waals surface area contributed by atoms with E-state index < -0.39 is 16.1 Å². The number of piperidine rings is 1. The molecule has 188 valence electrons. The van der Waals surface area contributed by atoms with Gasteiger partial charge in [-0.3, -0.25) is 4.79 Å². The molecule has 0 radical (unpaired) electrons. The summed E-state index contributed by atoms with van der Waals surface area (Å²) in [5, 5.41) is 2.48. The molecule has 10 heteroatoms. The number of rotatable bonds is 10. The third-order valence-electron chi connectivity index (χ3n) is 6.37. The van der Waals surface area contributed by atoms with Crippen LogP contribution in [0.1, 0.15) is 32.6 Å². The zero-order valence-electron chi connectivity index (χ0n) is 20.1. The Morgan fingerprint density at radius 1 is 1.23 bits per heavy atom. The predicted molar refractivity (Wildman–Crippen MR) is 138 cm³/mol. The van der Waals surface area contributed by atoms with Gasteiger partial charge in [-0.1, -0.05) is 30.8 Å². The Balaban J connectivity index is 1.50. The molecule has 0 saturated carbocycles. The zero-order valence-corrected chi connectivity index (χ0v) is 21.7. The van der Waals surface area contributed by atoms with Crippen molar-refractivity contribution in [1.82, 2.24) is 19.6 Å². The summed E-state index contributed by atoms with van der Waals surface area (Å²) in [5.41, 5.74) is 0.